The standard InChI is InChI=1S/C14H21NO2/c1-11-7-5-6-8-12(11)14(2,13(16)17)9-10-15(3)4/h5-8H,9-10H2,1-4H3,(H,16,17). The first kappa shape index (κ1) is 13.7. The molecule has 0 saturated heterocycles. The van der Waals surface area contributed by atoms with Crippen LogP contribution in [0.15, 0.2) is 24.3 Å². The molecule has 0 aromatic heterocycles. The summed E-state index contributed by atoms with van der Waals surface area (Å²) in [5, 5.41) is 9.50. The van der Waals surface area contributed by atoms with E-state index in [2.05, 4.69) is 0 Å². The third-order valence-electron chi connectivity index (χ3n) is 3.27. The normalized spacial score (nSPS) is 14.6. The minimum atomic E-state index is -0.810. The highest BCUT2D eigenvalue weighted by molar-refractivity contribution is 5.81. The predicted molar refractivity (Wildman–Crippen MR) is 69.3 cm³/mol. The fourth-order valence-electron chi connectivity index (χ4n) is 2.00. The van der Waals surface area contributed by atoms with E-state index in [0.29, 0.717) is 6.42 Å². The Kier molecular flexibility index (Phi) is 4.29. The van der Waals surface area contributed by atoms with Crippen LogP contribution in [0.4, 0.5) is 0 Å². The maximum absolute atomic E-state index is 11.6. The lowest BCUT2D eigenvalue weighted by Crippen LogP contribution is -2.36. The molecule has 1 unspecified atom stereocenters. The Morgan fingerprint density at radius 1 is 1.35 bits per heavy atom. The molecular weight excluding hydrogens is 214 g/mol. The first-order valence-electron chi connectivity index (χ1n) is 5.82. The Balaban J connectivity index is 3.08. The third-order valence-corrected chi connectivity index (χ3v) is 3.27. The summed E-state index contributed by atoms with van der Waals surface area (Å²) in [7, 11) is 3.92. The highest BCUT2D eigenvalue weighted by Gasteiger charge is 2.35. The van der Waals surface area contributed by atoms with Crippen molar-refractivity contribution < 1.29 is 9.90 Å². The number of aryl methyl sites for hydroxylation is 1. The summed E-state index contributed by atoms with van der Waals surface area (Å²) >= 11 is 0. The van der Waals surface area contributed by atoms with Gasteiger partial charge in [0.05, 0.1) is 5.41 Å². The van der Waals surface area contributed by atoms with Crippen LogP contribution in [0.1, 0.15) is 24.5 Å². The molecule has 3 nitrogen and oxygen atoms in total. The van der Waals surface area contributed by atoms with Gasteiger partial charge in [-0.1, -0.05) is 24.3 Å². The van der Waals surface area contributed by atoms with Gasteiger partial charge in [0, 0.05) is 0 Å². The van der Waals surface area contributed by atoms with Crippen molar-refractivity contribution in [3.63, 3.8) is 0 Å². The quantitative estimate of drug-likeness (QED) is 0.851. The molecule has 1 aromatic carbocycles. The summed E-state index contributed by atoms with van der Waals surface area (Å²) in [5.41, 5.74) is 1.14. The predicted octanol–water partition coefficient (Wildman–Crippen LogP) is 2.29. The van der Waals surface area contributed by atoms with Crippen molar-refractivity contribution in [3.05, 3.63) is 35.4 Å². The van der Waals surface area contributed by atoms with E-state index in [1.807, 2.05) is 50.2 Å². The molecule has 17 heavy (non-hydrogen) atoms. The average molecular weight is 235 g/mol. The molecule has 1 aromatic rings. The number of hydrogen-bond donors (Lipinski definition) is 1. The number of carbonyl (C=O) groups is 1. The van der Waals surface area contributed by atoms with Crippen LogP contribution in [-0.4, -0.2) is 36.6 Å². The molecule has 1 atom stereocenters. The third kappa shape index (κ3) is 3.07. The maximum atomic E-state index is 11.6. The minimum Gasteiger partial charge on any atom is -0.481 e. The zero-order chi connectivity index (χ0) is 13.1. The molecule has 3 heteroatoms. The fraction of sp³-hybridized carbons (Fsp3) is 0.500. The number of carboxylic acids is 1. The van der Waals surface area contributed by atoms with Gasteiger partial charge in [-0.15, -0.1) is 0 Å². The van der Waals surface area contributed by atoms with E-state index in [1.165, 1.54) is 0 Å². The topological polar surface area (TPSA) is 40.5 Å². The lowest BCUT2D eigenvalue weighted by molar-refractivity contribution is -0.143. The minimum absolute atomic E-state index is 0.611. The Hall–Kier alpha value is -1.35. The second-order valence-corrected chi connectivity index (χ2v) is 5.01. The lowest BCUT2D eigenvalue weighted by Gasteiger charge is -2.28. The molecular formula is C14H21NO2. The van der Waals surface area contributed by atoms with Gasteiger partial charge in [-0.3, -0.25) is 4.79 Å². The summed E-state index contributed by atoms with van der Waals surface area (Å²) in [5.74, 6) is -0.756. The summed E-state index contributed by atoms with van der Waals surface area (Å²) < 4.78 is 0. The molecule has 0 saturated carbocycles. The van der Waals surface area contributed by atoms with Crippen LogP contribution in [0.5, 0.6) is 0 Å². The van der Waals surface area contributed by atoms with Crippen molar-refractivity contribution in [1.29, 1.82) is 0 Å². The Morgan fingerprint density at radius 2 is 1.94 bits per heavy atom. The monoisotopic (exact) mass is 235 g/mol. The van der Waals surface area contributed by atoms with E-state index in [4.69, 9.17) is 0 Å². The fourth-order valence-corrected chi connectivity index (χ4v) is 2.00. The molecule has 0 spiro atoms. The highest BCUT2D eigenvalue weighted by Crippen LogP contribution is 2.30. The Morgan fingerprint density at radius 3 is 2.41 bits per heavy atom. The molecule has 94 valence electrons. The molecule has 1 rings (SSSR count). The molecule has 0 amide bonds. The van der Waals surface area contributed by atoms with Gasteiger partial charge in [-0.2, -0.15) is 0 Å². The van der Waals surface area contributed by atoms with Crippen LogP contribution < -0.4 is 0 Å². The van der Waals surface area contributed by atoms with Gasteiger partial charge in [-0.25, -0.2) is 0 Å². The van der Waals surface area contributed by atoms with Crippen molar-refractivity contribution in [2.75, 3.05) is 20.6 Å². The number of rotatable bonds is 5. The number of nitrogens with zero attached hydrogens (tertiary/aromatic N) is 1. The average Bonchev–Trinajstić information content (AvgIpc) is 2.26. The Bertz CT molecular complexity index is 401. The molecule has 0 radical (unpaired) electrons. The van der Waals surface area contributed by atoms with E-state index < -0.39 is 11.4 Å². The molecule has 0 heterocycles. The van der Waals surface area contributed by atoms with Crippen molar-refractivity contribution >= 4 is 5.97 Å². The largest absolute Gasteiger partial charge is 0.481 e. The van der Waals surface area contributed by atoms with E-state index in [9.17, 15) is 9.90 Å². The molecule has 0 aliphatic carbocycles. The summed E-state index contributed by atoms with van der Waals surface area (Å²) in [6.07, 6.45) is 0.611. The SMILES string of the molecule is Cc1ccccc1C(C)(CCN(C)C)C(=O)O. The van der Waals surface area contributed by atoms with E-state index in [-0.39, 0.29) is 0 Å². The highest BCUT2D eigenvalue weighted by atomic mass is 16.4. The van der Waals surface area contributed by atoms with Crippen molar-refractivity contribution in [2.24, 2.45) is 0 Å². The summed E-state index contributed by atoms with van der Waals surface area (Å²) in [4.78, 5) is 13.6. The maximum Gasteiger partial charge on any atom is 0.313 e. The van der Waals surface area contributed by atoms with E-state index in [0.717, 1.165) is 17.7 Å². The van der Waals surface area contributed by atoms with Crippen LogP contribution in [-0.2, 0) is 10.2 Å². The summed E-state index contributed by atoms with van der Waals surface area (Å²) in [6.45, 7) is 4.53. The number of benzene rings is 1. The van der Waals surface area contributed by atoms with Crippen molar-refractivity contribution in [2.45, 2.75) is 25.7 Å². The molecule has 0 aliphatic rings. The van der Waals surface area contributed by atoms with Crippen molar-refractivity contribution in [3.8, 4) is 0 Å². The van der Waals surface area contributed by atoms with Gasteiger partial charge in [0.15, 0.2) is 0 Å². The van der Waals surface area contributed by atoms with Gasteiger partial charge in [0.25, 0.3) is 0 Å². The second-order valence-electron chi connectivity index (χ2n) is 5.01. The van der Waals surface area contributed by atoms with Gasteiger partial charge in [-0.05, 0) is 52.0 Å². The first-order chi connectivity index (χ1) is 7.88. The van der Waals surface area contributed by atoms with Crippen LogP contribution in [0.3, 0.4) is 0 Å². The molecule has 0 bridgehead atoms. The van der Waals surface area contributed by atoms with Crippen LogP contribution in [0.25, 0.3) is 0 Å². The van der Waals surface area contributed by atoms with Crippen LogP contribution >= 0.6 is 0 Å². The molecule has 0 fully saturated rings. The molecule has 0 aliphatic heterocycles. The van der Waals surface area contributed by atoms with E-state index in [1.54, 1.807) is 6.92 Å². The summed E-state index contributed by atoms with van der Waals surface area (Å²) in [6, 6.07) is 7.72. The smallest absolute Gasteiger partial charge is 0.313 e. The number of aliphatic carboxylic acids is 1. The van der Waals surface area contributed by atoms with Gasteiger partial charge >= 0.3 is 5.97 Å². The zero-order valence-corrected chi connectivity index (χ0v) is 11.0. The lowest BCUT2D eigenvalue weighted by atomic mass is 9.77. The number of carboxylic acid groups (broad SMARTS) is 1. The Labute approximate surface area is 103 Å². The molecule has 1 N–H and O–H groups in total. The van der Waals surface area contributed by atoms with Gasteiger partial charge in [0.2, 0.25) is 0 Å². The number of hydrogen-bond acceptors (Lipinski definition) is 2. The second kappa shape index (κ2) is 5.32. The van der Waals surface area contributed by atoms with Crippen LogP contribution in [0.2, 0.25) is 0 Å². The van der Waals surface area contributed by atoms with Crippen LogP contribution in [0, 0.1) is 6.92 Å². The van der Waals surface area contributed by atoms with Crippen molar-refractivity contribution in [1.82, 2.24) is 4.90 Å². The first-order valence-corrected chi connectivity index (χ1v) is 5.82. The van der Waals surface area contributed by atoms with E-state index >= 15 is 0 Å². The van der Waals surface area contributed by atoms with Gasteiger partial charge in [0.1, 0.15) is 0 Å². The van der Waals surface area contributed by atoms with Gasteiger partial charge < -0.3 is 10.0 Å². The zero-order valence-electron chi connectivity index (χ0n) is 11.0.